The summed E-state index contributed by atoms with van der Waals surface area (Å²) < 4.78 is 22.3. The Hall–Kier alpha value is -1.54. The fourth-order valence-electron chi connectivity index (χ4n) is 3.48. The number of nitrogens with zero attached hydrogens (tertiary/aromatic N) is 1. The summed E-state index contributed by atoms with van der Waals surface area (Å²) in [7, 11) is 6.33. The number of aliphatic hydroxyl groups excluding tert-OH is 1. The average Bonchev–Trinajstić information content (AvgIpc) is 2.66. The molecule has 0 spiro atoms. The van der Waals surface area contributed by atoms with Gasteiger partial charge in [-0.25, -0.2) is 0 Å². The number of anilines is 1. The third kappa shape index (κ3) is 4.00. The molecule has 1 atom stereocenters. The zero-order valence-electron chi connectivity index (χ0n) is 15.6. The van der Waals surface area contributed by atoms with Gasteiger partial charge in [-0.2, -0.15) is 0 Å². The fraction of sp³-hybridized carbons (Fsp3) is 0.667. The second kappa shape index (κ2) is 8.71. The molecule has 7 nitrogen and oxygen atoms in total. The molecule has 3 N–H and O–H groups in total. The number of aliphatic hydroxyl groups is 1. The monoisotopic (exact) mass is 354 g/mol. The van der Waals surface area contributed by atoms with E-state index in [1.807, 2.05) is 0 Å². The van der Waals surface area contributed by atoms with Crippen molar-refractivity contribution in [3.8, 4) is 11.5 Å². The normalized spacial score (nSPS) is 19.0. The molecule has 1 saturated heterocycles. The molecule has 1 fully saturated rings. The smallest absolute Gasteiger partial charge is 0.209 e. The molecule has 1 aliphatic rings. The lowest BCUT2D eigenvalue weighted by Gasteiger charge is -2.42. The van der Waals surface area contributed by atoms with E-state index in [-0.39, 0.29) is 12.6 Å². The van der Waals surface area contributed by atoms with Crippen LogP contribution in [0.1, 0.15) is 24.8 Å². The van der Waals surface area contributed by atoms with E-state index in [0.717, 1.165) is 25.8 Å². The van der Waals surface area contributed by atoms with E-state index in [1.54, 1.807) is 40.6 Å². The Bertz CT molecular complexity index is 563. The quantitative estimate of drug-likeness (QED) is 0.541. The first kappa shape index (κ1) is 19.8. The lowest BCUT2D eigenvalue weighted by atomic mass is 9.97. The molecule has 0 radical (unpaired) electrons. The van der Waals surface area contributed by atoms with Gasteiger partial charge < -0.3 is 29.8 Å². The maximum absolute atomic E-state index is 9.69. The second-order valence-corrected chi connectivity index (χ2v) is 6.26. The van der Waals surface area contributed by atoms with Crippen LogP contribution in [0.25, 0.3) is 0 Å². The van der Waals surface area contributed by atoms with E-state index >= 15 is 0 Å². The van der Waals surface area contributed by atoms with Gasteiger partial charge >= 0.3 is 0 Å². The van der Waals surface area contributed by atoms with E-state index < -0.39 is 5.79 Å². The second-order valence-electron chi connectivity index (χ2n) is 6.26. The summed E-state index contributed by atoms with van der Waals surface area (Å²) in [6.45, 7) is 1.46. The van der Waals surface area contributed by atoms with E-state index in [1.165, 1.54) is 0 Å². The van der Waals surface area contributed by atoms with Crippen LogP contribution >= 0.6 is 0 Å². The van der Waals surface area contributed by atoms with Crippen molar-refractivity contribution in [2.24, 2.45) is 0 Å². The predicted octanol–water partition coefficient (Wildman–Crippen LogP) is 1.58. The minimum Gasteiger partial charge on any atom is -0.493 e. The van der Waals surface area contributed by atoms with Crippen LogP contribution in [0.2, 0.25) is 0 Å². The zero-order valence-corrected chi connectivity index (χ0v) is 15.6. The largest absolute Gasteiger partial charge is 0.493 e. The van der Waals surface area contributed by atoms with Crippen molar-refractivity contribution >= 4 is 5.69 Å². The van der Waals surface area contributed by atoms with Crippen molar-refractivity contribution in [3.05, 3.63) is 17.7 Å². The lowest BCUT2D eigenvalue weighted by Crippen LogP contribution is -2.51. The highest BCUT2D eigenvalue weighted by Gasteiger charge is 2.39. The van der Waals surface area contributed by atoms with Gasteiger partial charge in [0, 0.05) is 37.6 Å². The molecule has 1 aromatic carbocycles. The number of nitrogens with two attached hydrogens (primary N) is 1. The molecule has 0 bridgehead atoms. The van der Waals surface area contributed by atoms with Gasteiger partial charge in [-0.3, -0.25) is 4.90 Å². The SMILES string of the molecule is COc1cc(N)c(C(CN2CCCC[C@H]2CO)(OC)OC)cc1OC. The van der Waals surface area contributed by atoms with Crippen LogP contribution in [0.5, 0.6) is 11.5 Å². The standard InChI is InChI=1S/C18H30N2O5/c1-22-16-9-14(15(19)10-17(16)23-2)18(24-3,25-4)12-20-8-6-5-7-13(20)11-21/h9-10,13,21H,5-8,11-12,19H2,1-4H3/t13-/m0/s1. The Morgan fingerprint density at radius 1 is 1.12 bits per heavy atom. The highest BCUT2D eigenvalue weighted by atomic mass is 16.7. The molecule has 0 aromatic heterocycles. The number of methoxy groups -OCH3 is 4. The number of hydrogen-bond donors (Lipinski definition) is 2. The minimum absolute atomic E-state index is 0.0970. The van der Waals surface area contributed by atoms with Gasteiger partial charge in [-0.05, 0) is 25.5 Å². The van der Waals surface area contributed by atoms with Crippen LogP contribution in [-0.4, -0.2) is 64.2 Å². The molecule has 25 heavy (non-hydrogen) atoms. The third-order valence-electron chi connectivity index (χ3n) is 5.00. The summed E-state index contributed by atoms with van der Waals surface area (Å²) >= 11 is 0. The Labute approximate surface area is 149 Å². The van der Waals surface area contributed by atoms with E-state index in [4.69, 9.17) is 24.7 Å². The molecule has 1 aromatic rings. The van der Waals surface area contributed by atoms with Crippen molar-refractivity contribution in [2.75, 3.05) is 53.9 Å². The Morgan fingerprint density at radius 3 is 2.32 bits per heavy atom. The van der Waals surface area contributed by atoms with Gasteiger partial charge in [0.05, 0.1) is 27.4 Å². The van der Waals surface area contributed by atoms with Crippen molar-refractivity contribution < 1.29 is 24.1 Å². The van der Waals surface area contributed by atoms with Crippen molar-refractivity contribution in [3.63, 3.8) is 0 Å². The highest BCUT2D eigenvalue weighted by Crippen LogP contribution is 2.40. The molecular formula is C18H30N2O5. The maximum Gasteiger partial charge on any atom is 0.209 e. The molecule has 2 rings (SSSR count). The first-order valence-electron chi connectivity index (χ1n) is 8.52. The summed E-state index contributed by atoms with van der Waals surface area (Å²) in [6.07, 6.45) is 3.16. The Morgan fingerprint density at radius 2 is 1.76 bits per heavy atom. The Balaban J connectivity index is 2.41. The van der Waals surface area contributed by atoms with Gasteiger partial charge in [0.25, 0.3) is 0 Å². The first-order chi connectivity index (χ1) is 12.0. The molecule has 0 saturated carbocycles. The van der Waals surface area contributed by atoms with E-state index in [0.29, 0.717) is 29.3 Å². The number of ether oxygens (including phenoxy) is 4. The predicted molar refractivity (Wildman–Crippen MR) is 96.0 cm³/mol. The summed E-state index contributed by atoms with van der Waals surface area (Å²) in [5, 5.41) is 9.69. The van der Waals surface area contributed by atoms with Crippen LogP contribution in [0.3, 0.4) is 0 Å². The number of likely N-dealkylation sites (tertiary alicyclic amines) is 1. The van der Waals surface area contributed by atoms with Crippen LogP contribution in [-0.2, 0) is 15.3 Å². The lowest BCUT2D eigenvalue weighted by molar-refractivity contribution is -0.230. The van der Waals surface area contributed by atoms with Gasteiger partial charge in [0.2, 0.25) is 5.79 Å². The van der Waals surface area contributed by atoms with Crippen LogP contribution in [0, 0.1) is 0 Å². The zero-order chi connectivity index (χ0) is 18.4. The van der Waals surface area contributed by atoms with Gasteiger partial charge in [-0.15, -0.1) is 0 Å². The molecule has 1 aliphatic heterocycles. The molecular weight excluding hydrogens is 324 g/mol. The Kier molecular flexibility index (Phi) is 6.89. The van der Waals surface area contributed by atoms with Crippen LogP contribution < -0.4 is 15.2 Å². The number of nitrogen functional groups attached to an aromatic ring is 1. The summed E-state index contributed by atoms with van der Waals surface area (Å²) in [5.74, 6) is 0.0487. The van der Waals surface area contributed by atoms with Gasteiger partial charge in [0.15, 0.2) is 11.5 Å². The molecule has 0 aliphatic carbocycles. The topological polar surface area (TPSA) is 86.4 Å². The molecule has 1 heterocycles. The summed E-state index contributed by atoms with van der Waals surface area (Å²) in [4.78, 5) is 2.20. The number of benzene rings is 1. The number of hydrogen-bond acceptors (Lipinski definition) is 7. The number of rotatable bonds is 8. The average molecular weight is 354 g/mol. The van der Waals surface area contributed by atoms with Crippen molar-refractivity contribution in [1.29, 1.82) is 0 Å². The molecule has 0 amide bonds. The first-order valence-corrected chi connectivity index (χ1v) is 8.52. The van der Waals surface area contributed by atoms with E-state index in [9.17, 15) is 5.11 Å². The summed E-state index contributed by atoms with van der Waals surface area (Å²) in [5.41, 5.74) is 7.44. The van der Waals surface area contributed by atoms with Crippen LogP contribution in [0.15, 0.2) is 12.1 Å². The highest BCUT2D eigenvalue weighted by molar-refractivity contribution is 5.59. The maximum atomic E-state index is 9.69. The molecule has 0 unspecified atom stereocenters. The van der Waals surface area contributed by atoms with Gasteiger partial charge in [0.1, 0.15) is 0 Å². The van der Waals surface area contributed by atoms with Gasteiger partial charge in [-0.1, -0.05) is 6.42 Å². The van der Waals surface area contributed by atoms with E-state index in [2.05, 4.69) is 4.90 Å². The fourth-order valence-corrected chi connectivity index (χ4v) is 3.48. The van der Waals surface area contributed by atoms with Crippen molar-refractivity contribution in [1.82, 2.24) is 4.90 Å². The molecule has 142 valence electrons. The minimum atomic E-state index is -1.06. The number of piperidine rings is 1. The molecule has 7 heteroatoms. The van der Waals surface area contributed by atoms with Crippen molar-refractivity contribution in [2.45, 2.75) is 31.1 Å². The third-order valence-corrected chi connectivity index (χ3v) is 5.00. The van der Waals surface area contributed by atoms with Crippen LogP contribution in [0.4, 0.5) is 5.69 Å². The summed E-state index contributed by atoms with van der Waals surface area (Å²) in [6, 6.07) is 3.60.